The van der Waals surface area contributed by atoms with Gasteiger partial charge < -0.3 is 9.47 Å². The van der Waals surface area contributed by atoms with Crippen LogP contribution in [0, 0.1) is 6.92 Å². The van der Waals surface area contributed by atoms with Crippen LogP contribution in [-0.4, -0.2) is 39.1 Å². The van der Waals surface area contributed by atoms with Crippen molar-refractivity contribution in [2.45, 2.75) is 39.2 Å². The van der Waals surface area contributed by atoms with Crippen molar-refractivity contribution in [2.24, 2.45) is 0 Å². The molecule has 0 bridgehead atoms. The standard InChI is InChI=1S/C14H21ClN4/c1-10(2)18(4)7-8-19-13(9-15)17-12-6-5-11(3)16-14(12)19/h5-6,10H,7-9H2,1-4H3. The molecule has 0 radical (unpaired) electrons. The highest BCUT2D eigenvalue weighted by Gasteiger charge is 2.12. The van der Waals surface area contributed by atoms with Gasteiger partial charge in [-0.25, -0.2) is 9.97 Å². The number of hydrogen-bond donors (Lipinski definition) is 0. The van der Waals surface area contributed by atoms with E-state index in [1.807, 2.05) is 19.1 Å². The van der Waals surface area contributed by atoms with Crippen molar-refractivity contribution in [3.05, 3.63) is 23.7 Å². The van der Waals surface area contributed by atoms with Gasteiger partial charge in [-0.15, -0.1) is 11.6 Å². The van der Waals surface area contributed by atoms with Crippen LogP contribution in [0.3, 0.4) is 0 Å². The van der Waals surface area contributed by atoms with E-state index in [9.17, 15) is 0 Å². The number of nitrogens with zero attached hydrogens (tertiary/aromatic N) is 4. The molecule has 0 fully saturated rings. The number of aryl methyl sites for hydroxylation is 1. The maximum atomic E-state index is 6.00. The van der Waals surface area contributed by atoms with E-state index in [2.05, 4.69) is 40.3 Å². The molecular formula is C14H21ClN4. The molecule has 0 unspecified atom stereocenters. The Morgan fingerprint density at radius 2 is 2.05 bits per heavy atom. The van der Waals surface area contributed by atoms with E-state index < -0.39 is 0 Å². The van der Waals surface area contributed by atoms with Gasteiger partial charge in [-0.05, 0) is 40.0 Å². The number of alkyl halides is 1. The normalized spacial score (nSPS) is 11.9. The van der Waals surface area contributed by atoms with E-state index >= 15 is 0 Å². The van der Waals surface area contributed by atoms with Crippen molar-refractivity contribution in [2.75, 3.05) is 13.6 Å². The minimum absolute atomic E-state index is 0.417. The van der Waals surface area contributed by atoms with Gasteiger partial charge in [0, 0.05) is 24.8 Å². The van der Waals surface area contributed by atoms with Crippen LogP contribution in [0.2, 0.25) is 0 Å². The minimum Gasteiger partial charge on any atom is -0.310 e. The monoisotopic (exact) mass is 280 g/mol. The SMILES string of the molecule is Cc1ccc2nc(CCl)n(CCN(C)C(C)C)c2n1. The zero-order chi connectivity index (χ0) is 14.0. The fourth-order valence-electron chi connectivity index (χ4n) is 2.00. The van der Waals surface area contributed by atoms with E-state index in [0.717, 1.165) is 35.8 Å². The quantitative estimate of drug-likeness (QED) is 0.790. The average molecular weight is 281 g/mol. The van der Waals surface area contributed by atoms with Crippen LogP contribution >= 0.6 is 11.6 Å². The van der Waals surface area contributed by atoms with Gasteiger partial charge in [-0.1, -0.05) is 0 Å². The Kier molecular flexibility index (Phi) is 4.42. The summed E-state index contributed by atoms with van der Waals surface area (Å²) in [7, 11) is 2.13. The Morgan fingerprint density at radius 3 is 2.68 bits per heavy atom. The first-order valence-corrected chi connectivity index (χ1v) is 7.15. The fraction of sp³-hybridized carbons (Fsp3) is 0.571. The summed E-state index contributed by atoms with van der Waals surface area (Å²) in [5.74, 6) is 1.31. The van der Waals surface area contributed by atoms with Crippen molar-refractivity contribution < 1.29 is 0 Å². The molecule has 4 nitrogen and oxygen atoms in total. The van der Waals surface area contributed by atoms with Crippen molar-refractivity contribution in [3.63, 3.8) is 0 Å². The van der Waals surface area contributed by atoms with Crippen molar-refractivity contribution >= 4 is 22.8 Å². The van der Waals surface area contributed by atoms with Crippen molar-refractivity contribution in [3.8, 4) is 0 Å². The number of halogens is 1. The van der Waals surface area contributed by atoms with E-state index in [0.29, 0.717) is 11.9 Å². The summed E-state index contributed by atoms with van der Waals surface area (Å²) in [4.78, 5) is 11.4. The Balaban J connectivity index is 2.31. The van der Waals surface area contributed by atoms with Crippen LogP contribution < -0.4 is 0 Å². The second-order valence-corrected chi connectivity index (χ2v) is 5.45. The molecule has 0 aromatic carbocycles. The maximum absolute atomic E-state index is 6.00. The van der Waals surface area contributed by atoms with Gasteiger partial charge in [0.2, 0.25) is 0 Å². The first kappa shape index (κ1) is 14.3. The Hall–Kier alpha value is -1.13. The van der Waals surface area contributed by atoms with Crippen LogP contribution in [0.5, 0.6) is 0 Å². The summed E-state index contributed by atoms with van der Waals surface area (Å²) in [5, 5.41) is 0. The molecule has 19 heavy (non-hydrogen) atoms. The lowest BCUT2D eigenvalue weighted by Crippen LogP contribution is -2.30. The molecule has 5 heteroatoms. The molecule has 2 heterocycles. The molecule has 2 aromatic heterocycles. The molecule has 0 amide bonds. The Morgan fingerprint density at radius 1 is 1.32 bits per heavy atom. The summed E-state index contributed by atoms with van der Waals surface area (Å²) in [6.07, 6.45) is 0. The number of rotatable bonds is 5. The lowest BCUT2D eigenvalue weighted by Gasteiger charge is -2.21. The Labute approximate surface area is 119 Å². The number of likely N-dealkylation sites (N-methyl/N-ethyl adjacent to an activating group) is 1. The summed E-state index contributed by atoms with van der Waals surface area (Å²) < 4.78 is 2.13. The topological polar surface area (TPSA) is 34.0 Å². The van der Waals surface area contributed by atoms with Gasteiger partial charge >= 0.3 is 0 Å². The third kappa shape index (κ3) is 3.07. The van der Waals surface area contributed by atoms with Crippen LogP contribution in [0.15, 0.2) is 12.1 Å². The predicted molar refractivity (Wildman–Crippen MR) is 79.6 cm³/mol. The highest BCUT2D eigenvalue weighted by Crippen LogP contribution is 2.16. The molecule has 0 aliphatic heterocycles. The van der Waals surface area contributed by atoms with Gasteiger partial charge in [0.25, 0.3) is 0 Å². The average Bonchev–Trinajstić information content (AvgIpc) is 2.72. The molecule has 0 aliphatic carbocycles. The fourth-order valence-corrected chi connectivity index (χ4v) is 2.20. The highest BCUT2D eigenvalue weighted by atomic mass is 35.5. The lowest BCUT2D eigenvalue weighted by atomic mass is 10.3. The number of hydrogen-bond acceptors (Lipinski definition) is 3. The largest absolute Gasteiger partial charge is 0.310 e. The lowest BCUT2D eigenvalue weighted by molar-refractivity contribution is 0.263. The first-order valence-electron chi connectivity index (χ1n) is 6.62. The zero-order valence-electron chi connectivity index (χ0n) is 12.0. The van der Waals surface area contributed by atoms with Crippen LogP contribution in [0.1, 0.15) is 25.4 Å². The van der Waals surface area contributed by atoms with E-state index in [-0.39, 0.29) is 0 Å². The van der Waals surface area contributed by atoms with Gasteiger partial charge in [0.15, 0.2) is 5.65 Å². The van der Waals surface area contributed by atoms with Crippen molar-refractivity contribution in [1.29, 1.82) is 0 Å². The number of aromatic nitrogens is 3. The summed E-state index contributed by atoms with van der Waals surface area (Å²) >= 11 is 6.00. The maximum Gasteiger partial charge on any atom is 0.160 e. The van der Waals surface area contributed by atoms with Crippen LogP contribution in [0.25, 0.3) is 11.2 Å². The zero-order valence-corrected chi connectivity index (χ0v) is 12.8. The van der Waals surface area contributed by atoms with Gasteiger partial charge in [0.05, 0.1) is 5.88 Å². The molecule has 0 saturated heterocycles. The minimum atomic E-state index is 0.417. The molecule has 0 atom stereocenters. The summed E-state index contributed by atoms with van der Waals surface area (Å²) in [6, 6.07) is 4.53. The second kappa shape index (κ2) is 5.88. The second-order valence-electron chi connectivity index (χ2n) is 5.18. The van der Waals surface area contributed by atoms with Crippen LogP contribution in [0.4, 0.5) is 0 Å². The molecule has 0 spiro atoms. The van der Waals surface area contributed by atoms with Gasteiger partial charge in [-0.3, -0.25) is 0 Å². The molecule has 104 valence electrons. The Bertz CT molecular complexity index is 562. The third-order valence-corrected chi connectivity index (χ3v) is 3.73. The smallest absolute Gasteiger partial charge is 0.160 e. The van der Waals surface area contributed by atoms with Gasteiger partial charge in [-0.2, -0.15) is 0 Å². The molecule has 0 N–H and O–H groups in total. The highest BCUT2D eigenvalue weighted by molar-refractivity contribution is 6.16. The molecule has 0 saturated carbocycles. The predicted octanol–water partition coefficient (Wildman–Crippen LogP) is 2.82. The molecule has 0 aliphatic rings. The molecule has 2 rings (SSSR count). The van der Waals surface area contributed by atoms with Gasteiger partial charge in [0.1, 0.15) is 11.3 Å². The van der Waals surface area contributed by atoms with E-state index in [1.54, 1.807) is 0 Å². The third-order valence-electron chi connectivity index (χ3n) is 3.49. The summed E-state index contributed by atoms with van der Waals surface area (Å²) in [5.41, 5.74) is 2.87. The van der Waals surface area contributed by atoms with E-state index in [4.69, 9.17) is 11.6 Å². The molecule has 2 aromatic rings. The van der Waals surface area contributed by atoms with Crippen molar-refractivity contribution in [1.82, 2.24) is 19.4 Å². The number of fused-ring (bicyclic) bond motifs is 1. The first-order chi connectivity index (χ1) is 9.02. The summed E-state index contributed by atoms with van der Waals surface area (Å²) in [6.45, 7) is 8.21. The number of imidazole rings is 1. The van der Waals surface area contributed by atoms with Crippen LogP contribution in [-0.2, 0) is 12.4 Å². The van der Waals surface area contributed by atoms with E-state index in [1.165, 1.54) is 0 Å². The number of pyridine rings is 1. The molecular weight excluding hydrogens is 260 g/mol.